The van der Waals surface area contributed by atoms with Gasteiger partial charge in [0.25, 0.3) is 0 Å². The Labute approximate surface area is 104 Å². The number of aliphatic hydroxyl groups is 1. The van der Waals surface area contributed by atoms with E-state index in [1.54, 1.807) is 0 Å². The Morgan fingerprint density at radius 2 is 2.00 bits per heavy atom. The summed E-state index contributed by atoms with van der Waals surface area (Å²) in [5.74, 6) is 0.615. The first-order valence-corrected chi connectivity index (χ1v) is 6.53. The summed E-state index contributed by atoms with van der Waals surface area (Å²) < 4.78 is 0. The van der Waals surface area contributed by atoms with Crippen molar-refractivity contribution in [3.63, 3.8) is 0 Å². The van der Waals surface area contributed by atoms with Crippen LogP contribution in [0.4, 0.5) is 0 Å². The molecule has 0 bridgehead atoms. The fourth-order valence-corrected chi connectivity index (χ4v) is 3.05. The van der Waals surface area contributed by atoms with Gasteiger partial charge in [-0.1, -0.05) is 30.3 Å². The highest BCUT2D eigenvalue weighted by Crippen LogP contribution is 2.39. The average molecular weight is 233 g/mol. The van der Waals surface area contributed by atoms with Crippen molar-refractivity contribution in [2.45, 2.75) is 31.3 Å². The zero-order valence-electron chi connectivity index (χ0n) is 10.9. The molecule has 0 spiro atoms. The average Bonchev–Trinajstić information content (AvgIpc) is 2.29. The number of benzene rings is 1. The monoisotopic (exact) mass is 233 g/mol. The second-order valence-corrected chi connectivity index (χ2v) is 5.62. The first kappa shape index (κ1) is 12.6. The number of rotatable bonds is 3. The number of hydrogen-bond donors (Lipinski definition) is 1. The van der Waals surface area contributed by atoms with E-state index in [0.717, 1.165) is 31.4 Å². The Hall–Kier alpha value is -0.860. The molecule has 1 aliphatic carbocycles. The molecule has 0 radical (unpaired) electrons. The first-order chi connectivity index (χ1) is 8.10. The third kappa shape index (κ3) is 3.08. The minimum Gasteiger partial charge on any atom is -0.385 e. The minimum atomic E-state index is -0.597. The van der Waals surface area contributed by atoms with E-state index >= 15 is 0 Å². The molecule has 1 saturated carbocycles. The third-order valence-corrected chi connectivity index (χ3v) is 3.76. The predicted octanol–water partition coefficient (Wildman–Crippen LogP) is 2.63. The lowest BCUT2D eigenvalue weighted by atomic mass is 9.74. The van der Waals surface area contributed by atoms with Gasteiger partial charge < -0.3 is 10.0 Å². The SMILES string of the molecule is CN(C)C[C@H]1CCC[C@](O)(c2ccccc2)C1. The van der Waals surface area contributed by atoms with Crippen molar-refractivity contribution in [1.29, 1.82) is 0 Å². The van der Waals surface area contributed by atoms with Crippen LogP contribution in [0.1, 0.15) is 31.2 Å². The van der Waals surface area contributed by atoms with Crippen molar-refractivity contribution in [3.05, 3.63) is 35.9 Å². The molecule has 1 fully saturated rings. The maximum absolute atomic E-state index is 10.8. The van der Waals surface area contributed by atoms with E-state index in [9.17, 15) is 5.11 Å². The molecule has 1 aromatic rings. The Kier molecular flexibility index (Phi) is 3.85. The second kappa shape index (κ2) is 5.19. The van der Waals surface area contributed by atoms with Gasteiger partial charge in [0.15, 0.2) is 0 Å². The van der Waals surface area contributed by atoms with Gasteiger partial charge >= 0.3 is 0 Å². The molecule has 0 aromatic heterocycles. The fourth-order valence-electron chi connectivity index (χ4n) is 3.05. The van der Waals surface area contributed by atoms with Gasteiger partial charge in [-0.3, -0.25) is 0 Å². The van der Waals surface area contributed by atoms with Crippen molar-refractivity contribution in [3.8, 4) is 0 Å². The molecular weight excluding hydrogens is 210 g/mol. The molecule has 2 atom stereocenters. The summed E-state index contributed by atoms with van der Waals surface area (Å²) in [4.78, 5) is 2.22. The summed E-state index contributed by atoms with van der Waals surface area (Å²) in [6.45, 7) is 1.08. The molecule has 1 N–H and O–H groups in total. The van der Waals surface area contributed by atoms with Crippen molar-refractivity contribution in [1.82, 2.24) is 4.90 Å². The van der Waals surface area contributed by atoms with Crippen molar-refractivity contribution < 1.29 is 5.11 Å². The van der Waals surface area contributed by atoms with Crippen LogP contribution in [0, 0.1) is 5.92 Å². The Morgan fingerprint density at radius 1 is 1.29 bits per heavy atom. The van der Waals surface area contributed by atoms with Crippen molar-refractivity contribution >= 4 is 0 Å². The number of nitrogens with zero attached hydrogens (tertiary/aromatic N) is 1. The van der Waals surface area contributed by atoms with Gasteiger partial charge in [0.1, 0.15) is 0 Å². The standard InChI is InChI=1S/C15H23NO/c1-16(2)12-13-7-6-10-15(17,11-13)14-8-4-3-5-9-14/h3-5,8-9,13,17H,6-7,10-12H2,1-2H3/t13-,15+/m0/s1. The van der Waals surface area contributed by atoms with Gasteiger partial charge in [0, 0.05) is 6.54 Å². The van der Waals surface area contributed by atoms with E-state index in [4.69, 9.17) is 0 Å². The maximum atomic E-state index is 10.8. The maximum Gasteiger partial charge on any atom is 0.0899 e. The summed E-state index contributed by atoms with van der Waals surface area (Å²) in [5, 5.41) is 10.8. The van der Waals surface area contributed by atoms with Crippen LogP contribution in [0.2, 0.25) is 0 Å². The van der Waals surface area contributed by atoms with Crippen LogP contribution in [0.3, 0.4) is 0 Å². The molecular formula is C15H23NO. The lowest BCUT2D eigenvalue weighted by Gasteiger charge is -2.38. The molecule has 2 heteroatoms. The molecule has 0 aliphatic heterocycles. The molecule has 2 nitrogen and oxygen atoms in total. The van der Waals surface area contributed by atoms with E-state index in [2.05, 4.69) is 31.1 Å². The Balaban J connectivity index is 2.10. The summed E-state index contributed by atoms with van der Waals surface area (Å²) in [7, 11) is 4.21. The zero-order valence-corrected chi connectivity index (χ0v) is 10.9. The summed E-state index contributed by atoms with van der Waals surface area (Å²) in [5.41, 5.74) is 0.489. The highest BCUT2D eigenvalue weighted by molar-refractivity contribution is 5.22. The first-order valence-electron chi connectivity index (χ1n) is 6.53. The highest BCUT2D eigenvalue weighted by atomic mass is 16.3. The van der Waals surface area contributed by atoms with E-state index in [0.29, 0.717) is 5.92 Å². The third-order valence-electron chi connectivity index (χ3n) is 3.76. The predicted molar refractivity (Wildman–Crippen MR) is 70.9 cm³/mol. The van der Waals surface area contributed by atoms with Gasteiger partial charge in [-0.05, 0) is 51.3 Å². The fraction of sp³-hybridized carbons (Fsp3) is 0.600. The molecule has 94 valence electrons. The lowest BCUT2D eigenvalue weighted by molar-refractivity contribution is -0.0248. The second-order valence-electron chi connectivity index (χ2n) is 5.62. The normalized spacial score (nSPS) is 29.5. The summed E-state index contributed by atoms with van der Waals surface area (Å²) in [6.07, 6.45) is 4.17. The largest absolute Gasteiger partial charge is 0.385 e. The molecule has 0 amide bonds. The summed E-state index contributed by atoms with van der Waals surface area (Å²) >= 11 is 0. The molecule has 1 aliphatic rings. The Bertz CT molecular complexity index is 349. The zero-order chi connectivity index (χ0) is 12.3. The van der Waals surface area contributed by atoms with E-state index in [1.807, 2.05) is 18.2 Å². The molecule has 2 rings (SSSR count). The molecule has 1 aromatic carbocycles. The van der Waals surface area contributed by atoms with Crippen LogP contribution < -0.4 is 0 Å². The summed E-state index contributed by atoms with van der Waals surface area (Å²) in [6, 6.07) is 10.1. The lowest BCUT2D eigenvalue weighted by Crippen LogP contribution is -2.36. The van der Waals surface area contributed by atoms with Crippen LogP contribution in [-0.2, 0) is 5.60 Å². The van der Waals surface area contributed by atoms with E-state index in [1.165, 1.54) is 6.42 Å². The van der Waals surface area contributed by atoms with Crippen LogP contribution >= 0.6 is 0 Å². The highest BCUT2D eigenvalue weighted by Gasteiger charge is 2.35. The van der Waals surface area contributed by atoms with Crippen molar-refractivity contribution in [2.75, 3.05) is 20.6 Å². The van der Waals surface area contributed by atoms with Gasteiger partial charge in [-0.2, -0.15) is 0 Å². The van der Waals surface area contributed by atoms with Crippen molar-refractivity contribution in [2.24, 2.45) is 5.92 Å². The van der Waals surface area contributed by atoms with Crippen LogP contribution in [-0.4, -0.2) is 30.6 Å². The molecule has 0 unspecified atom stereocenters. The molecule has 0 heterocycles. The Morgan fingerprint density at radius 3 is 2.65 bits per heavy atom. The van der Waals surface area contributed by atoms with Gasteiger partial charge in [0.2, 0.25) is 0 Å². The smallest absolute Gasteiger partial charge is 0.0899 e. The van der Waals surface area contributed by atoms with E-state index < -0.39 is 5.60 Å². The van der Waals surface area contributed by atoms with Gasteiger partial charge in [-0.15, -0.1) is 0 Å². The van der Waals surface area contributed by atoms with Crippen LogP contribution in [0.5, 0.6) is 0 Å². The van der Waals surface area contributed by atoms with Crippen LogP contribution in [0.15, 0.2) is 30.3 Å². The number of hydrogen-bond acceptors (Lipinski definition) is 2. The van der Waals surface area contributed by atoms with E-state index in [-0.39, 0.29) is 0 Å². The minimum absolute atomic E-state index is 0.597. The van der Waals surface area contributed by atoms with Gasteiger partial charge in [0.05, 0.1) is 5.60 Å². The quantitative estimate of drug-likeness (QED) is 0.867. The topological polar surface area (TPSA) is 23.5 Å². The molecule has 0 saturated heterocycles. The molecule has 17 heavy (non-hydrogen) atoms. The van der Waals surface area contributed by atoms with Gasteiger partial charge in [-0.25, -0.2) is 0 Å². The van der Waals surface area contributed by atoms with Crippen LogP contribution in [0.25, 0.3) is 0 Å².